The molecule has 0 aliphatic carbocycles. The second kappa shape index (κ2) is 6.22. The third-order valence-electron chi connectivity index (χ3n) is 5.01. The zero-order valence-electron chi connectivity index (χ0n) is 12.5. The summed E-state index contributed by atoms with van der Waals surface area (Å²) in [5.41, 5.74) is 0. The predicted octanol–water partition coefficient (Wildman–Crippen LogP) is -0.540. The number of nitrogens with zero attached hydrogens (tertiary/aromatic N) is 2. The number of amides is 1. The van der Waals surface area contributed by atoms with E-state index in [2.05, 4.69) is 10.2 Å². The smallest absolute Gasteiger partial charge is 0.239 e. The van der Waals surface area contributed by atoms with Gasteiger partial charge in [-0.2, -0.15) is 0 Å². The van der Waals surface area contributed by atoms with Crippen LogP contribution in [0.1, 0.15) is 25.7 Å². The van der Waals surface area contributed by atoms with Gasteiger partial charge in [0.15, 0.2) is 9.84 Å². The molecule has 0 spiro atoms. The van der Waals surface area contributed by atoms with E-state index < -0.39 is 9.84 Å². The fourth-order valence-corrected chi connectivity index (χ4v) is 4.97. The second-order valence-corrected chi connectivity index (χ2v) is 8.66. The van der Waals surface area contributed by atoms with Crippen LogP contribution in [0, 0.1) is 0 Å². The number of sulfone groups is 1. The number of carbonyl (C=O) groups is 1. The first-order valence-electron chi connectivity index (χ1n) is 8.02. The van der Waals surface area contributed by atoms with Crippen molar-refractivity contribution in [2.45, 2.75) is 37.8 Å². The maximum absolute atomic E-state index is 12.7. The Morgan fingerprint density at radius 1 is 1.00 bits per heavy atom. The van der Waals surface area contributed by atoms with Crippen LogP contribution in [0.5, 0.6) is 0 Å². The van der Waals surface area contributed by atoms with Gasteiger partial charge in [-0.3, -0.25) is 9.69 Å². The van der Waals surface area contributed by atoms with Crippen molar-refractivity contribution in [3.05, 3.63) is 0 Å². The number of rotatable bonds is 2. The van der Waals surface area contributed by atoms with Gasteiger partial charge in [-0.25, -0.2) is 8.42 Å². The molecule has 3 saturated heterocycles. The molecule has 3 heterocycles. The second-order valence-electron chi connectivity index (χ2n) is 6.35. The van der Waals surface area contributed by atoms with E-state index in [1.54, 1.807) is 4.90 Å². The lowest BCUT2D eigenvalue weighted by Crippen LogP contribution is -2.54. The van der Waals surface area contributed by atoms with Gasteiger partial charge in [0, 0.05) is 19.1 Å². The van der Waals surface area contributed by atoms with Gasteiger partial charge in [-0.1, -0.05) is 0 Å². The van der Waals surface area contributed by atoms with Crippen molar-refractivity contribution in [3.63, 3.8) is 0 Å². The molecule has 1 unspecified atom stereocenters. The minimum absolute atomic E-state index is 0.0195. The molecule has 3 fully saturated rings. The molecule has 3 aliphatic heterocycles. The Morgan fingerprint density at radius 3 is 2.33 bits per heavy atom. The van der Waals surface area contributed by atoms with Crippen molar-refractivity contribution < 1.29 is 13.2 Å². The summed E-state index contributed by atoms with van der Waals surface area (Å²) in [6.45, 7) is 3.82. The summed E-state index contributed by atoms with van der Waals surface area (Å²) < 4.78 is 23.0. The molecule has 1 amide bonds. The molecule has 7 heteroatoms. The standard InChI is InChI=1S/C14H25N3O3S/c18-14(16-8-10-21(19,20)11-9-16)13-2-1-7-17(13)12-3-5-15-6-4-12/h12-13,15H,1-11H2. The number of piperidine rings is 1. The first-order valence-corrected chi connectivity index (χ1v) is 9.85. The Kier molecular flexibility index (Phi) is 4.51. The summed E-state index contributed by atoms with van der Waals surface area (Å²) >= 11 is 0. The number of likely N-dealkylation sites (tertiary alicyclic amines) is 1. The van der Waals surface area contributed by atoms with Crippen molar-refractivity contribution in [2.75, 3.05) is 44.2 Å². The molecule has 1 N–H and O–H groups in total. The highest BCUT2D eigenvalue weighted by Gasteiger charge is 2.38. The highest BCUT2D eigenvalue weighted by molar-refractivity contribution is 7.91. The fourth-order valence-electron chi connectivity index (χ4n) is 3.77. The van der Waals surface area contributed by atoms with Gasteiger partial charge in [-0.15, -0.1) is 0 Å². The fraction of sp³-hybridized carbons (Fsp3) is 0.929. The molecule has 21 heavy (non-hydrogen) atoms. The van der Waals surface area contributed by atoms with Crippen molar-refractivity contribution in [1.29, 1.82) is 0 Å². The lowest BCUT2D eigenvalue weighted by Gasteiger charge is -2.38. The number of nitrogens with one attached hydrogen (secondary N) is 1. The zero-order chi connectivity index (χ0) is 14.9. The number of hydrogen-bond donors (Lipinski definition) is 1. The normalized spacial score (nSPS) is 31.4. The lowest BCUT2D eigenvalue weighted by atomic mass is 10.0. The van der Waals surface area contributed by atoms with Crippen LogP contribution in [0.25, 0.3) is 0 Å². The quantitative estimate of drug-likeness (QED) is 0.741. The average Bonchev–Trinajstić information content (AvgIpc) is 2.97. The van der Waals surface area contributed by atoms with Crippen LogP contribution in [0.3, 0.4) is 0 Å². The van der Waals surface area contributed by atoms with Gasteiger partial charge in [0.1, 0.15) is 0 Å². The molecular formula is C14H25N3O3S. The molecule has 0 saturated carbocycles. The Balaban J connectivity index is 1.63. The van der Waals surface area contributed by atoms with Gasteiger partial charge in [0.25, 0.3) is 0 Å². The maximum atomic E-state index is 12.7. The van der Waals surface area contributed by atoms with E-state index in [9.17, 15) is 13.2 Å². The zero-order valence-corrected chi connectivity index (χ0v) is 13.3. The molecule has 1 atom stereocenters. The van der Waals surface area contributed by atoms with Crippen molar-refractivity contribution in [2.24, 2.45) is 0 Å². The SMILES string of the molecule is O=C(C1CCCN1C1CCNCC1)N1CCS(=O)(=O)CC1. The first-order chi connectivity index (χ1) is 10.1. The van der Waals surface area contributed by atoms with Crippen LogP contribution < -0.4 is 5.32 Å². The van der Waals surface area contributed by atoms with Gasteiger partial charge in [-0.05, 0) is 45.3 Å². The van der Waals surface area contributed by atoms with E-state index in [1.165, 1.54) is 0 Å². The van der Waals surface area contributed by atoms with Crippen LogP contribution in [-0.2, 0) is 14.6 Å². The third-order valence-corrected chi connectivity index (χ3v) is 6.62. The Bertz CT molecular complexity index is 474. The molecule has 0 bridgehead atoms. The van der Waals surface area contributed by atoms with Crippen LogP contribution in [0.2, 0.25) is 0 Å². The van der Waals surface area contributed by atoms with Gasteiger partial charge >= 0.3 is 0 Å². The Labute approximate surface area is 126 Å². The molecule has 0 radical (unpaired) electrons. The topological polar surface area (TPSA) is 69.7 Å². The van der Waals surface area contributed by atoms with E-state index >= 15 is 0 Å². The minimum atomic E-state index is -2.92. The summed E-state index contributed by atoms with van der Waals surface area (Å²) in [6.07, 6.45) is 4.22. The molecule has 6 nitrogen and oxygen atoms in total. The summed E-state index contributed by atoms with van der Waals surface area (Å²) in [7, 11) is -2.92. The van der Waals surface area contributed by atoms with Crippen LogP contribution >= 0.6 is 0 Å². The number of hydrogen-bond acceptors (Lipinski definition) is 5. The molecule has 0 aromatic carbocycles. The molecular weight excluding hydrogens is 290 g/mol. The summed E-state index contributed by atoms with van der Waals surface area (Å²) in [6, 6.07) is 0.491. The van der Waals surface area contributed by atoms with E-state index in [-0.39, 0.29) is 23.5 Å². The molecule has 0 aromatic heterocycles. The van der Waals surface area contributed by atoms with Crippen LogP contribution in [-0.4, -0.2) is 80.4 Å². The van der Waals surface area contributed by atoms with Gasteiger partial charge in [0.05, 0.1) is 17.5 Å². The molecule has 3 rings (SSSR count). The van der Waals surface area contributed by atoms with Crippen LogP contribution in [0.15, 0.2) is 0 Å². The average molecular weight is 315 g/mol. The minimum Gasteiger partial charge on any atom is -0.339 e. The molecule has 0 aromatic rings. The van der Waals surface area contributed by atoms with E-state index in [1.807, 2.05) is 0 Å². The number of carbonyl (C=O) groups excluding carboxylic acids is 1. The van der Waals surface area contributed by atoms with Crippen molar-refractivity contribution >= 4 is 15.7 Å². The summed E-state index contributed by atoms with van der Waals surface area (Å²) in [5, 5.41) is 3.37. The summed E-state index contributed by atoms with van der Waals surface area (Å²) in [4.78, 5) is 16.9. The predicted molar refractivity (Wildman–Crippen MR) is 80.9 cm³/mol. The highest BCUT2D eigenvalue weighted by Crippen LogP contribution is 2.26. The van der Waals surface area contributed by atoms with Gasteiger partial charge < -0.3 is 10.2 Å². The lowest BCUT2D eigenvalue weighted by molar-refractivity contribution is -0.136. The van der Waals surface area contributed by atoms with Crippen molar-refractivity contribution in [3.8, 4) is 0 Å². The van der Waals surface area contributed by atoms with E-state index in [0.29, 0.717) is 19.1 Å². The highest BCUT2D eigenvalue weighted by atomic mass is 32.2. The largest absolute Gasteiger partial charge is 0.339 e. The van der Waals surface area contributed by atoms with E-state index in [4.69, 9.17) is 0 Å². The van der Waals surface area contributed by atoms with Crippen LogP contribution in [0.4, 0.5) is 0 Å². The van der Waals surface area contributed by atoms with Crippen molar-refractivity contribution in [1.82, 2.24) is 15.1 Å². The maximum Gasteiger partial charge on any atom is 0.239 e. The Hall–Kier alpha value is -0.660. The third kappa shape index (κ3) is 3.40. The Morgan fingerprint density at radius 2 is 1.67 bits per heavy atom. The van der Waals surface area contributed by atoms with E-state index in [0.717, 1.165) is 45.3 Å². The molecule has 120 valence electrons. The van der Waals surface area contributed by atoms with Gasteiger partial charge in [0.2, 0.25) is 5.91 Å². The monoisotopic (exact) mass is 315 g/mol. The molecule has 3 aliphatic rings. The summed E-state index contributed by atoms with van der Waals surface area (Å²) in [5.74, 6) is 0.401. The first kappa shape index (κ1) is 15.2.